The molecule has 0 spiro atoms. The van der Waals surface area contributed by atoms with Crippen LogP contribution < -0.4 is 11.1 Å². The summed E-state index contributed by atoms with van der Waals surface area (Å²) in [5.41, 5.74) is 5.78. The largest absolute Gasteiger partial charge is 0.329 e. The van der Waals surface area contributed by atoms with E-state index in [1.165, 1.54) is 18.0 Å². The van der Waals surface area contributed by atoms with Crippen molar-refractivity contribution in [2.45, 2.75) is 43.8 Å². The van der Waals surface area contributed by atoms with E-state index < -0.39 is 0 Å². The molecular weight excluding hydrogens is 306 g/mol. The summed E-state index contributed by atoms with van der Waals surface area (Å²) in [6, 6.07) is 0.328. The van der Waals surface area contributed by atoms with Gasteiger partial charge in [-0.05, 0) is 25.8 Å². The Morgan fingerprint density at radius 1 is 1.57 bits per heavy atom. The third kappa shape index (κ3) is 5.21. The van der Waals surface area contributed by atoms with Crippen LogP contribution in [0.15, 0.2) is 5.16 Å². The van der Waals surface area contributed by atoms with Gasteiger partial charge in [0.05, 0.1) is 6.54 Å². The van der Waals surface area contributed by atoms with Crippen molar-refractivity contribution < 1.29 is 4.79 Å². The molecule has 0 aromatic carbocycles. The molecule has 1 aromatic rings. The van der Waals surface area contributed by atoms with Gasteiger partial charge < -0.3 is 5.73 Å². The lowest BCUT2D eigenvalue weighted by Gasteiger charge is -2.34. The average Bonchev–Trinajstić information content (AvgIpc) is 2.93. The molecule has 1 unspecified atom stereocenters. The van der Waals surface area contributed by atoms with Crippen molar-refractivity contribution in [3.05, 3.63) is 0 Å². The van der Waals surface area contributed by atoms with Crippen LogP contribution in [0.5, 0.6) is 0 Å². The summed E-state index contributed by atoms with van der Waals surface area (Å²) in [5.74, 6) is 0.967. The Kier molecular flexibility index (Phi) is 6.88. The van der Waals surface area contributed by atoms with E-state index in [9.17, 15) is 4.79 Å². The fourth-order valence-electron chi connectivity index (χ4n) is 2.39. The second kappa shape index (κ2) is 8.67. The number of aromatic nitrogens is 2. The molecular formula is C13H23N5OS2. The molecule has 21 heavy (non-hydrogen) atoms. The predicted octanol–water partition coefficient (Wildman–Crippen LogP) is 1.79. The number of carbonyl (C=O) groups is 1. The maximum Gasteiger partial charge on any atom is 0.240 e. The number of nitrogens with one attached hydrogen (secondary N) is 1. The number of hydrogen-bond donors (Lipinski definition) is 2. The summed E-state index contributed by atoms with van der Waals surface area (Å²) in [6.07, 6.45) is 4.51. The lowest BCUT2D eigenvalue weighted by Crippen LogP contribution is -2.47. The Labute approximate surface area is 134 Å². The zero-order valence-electron chi connectivity index (χ0n) is 12.4. The first-order valence-electron chi connectivity index (χ1n) is 7.43. The Morgan fingerprint density at radius 3 is 3.19 bits per heavy atom. The monoisotopic (exact) mass is 329 g/mol. The SMILES string of the molecule is CCCSc1nsc(NC(=O)CN2CCCCC2CN)n1. The van der Waals surface area contributed by atoms with Crippen molar-refractivity contribution in [3.8, 4) is 0 Å². The van der Waals surface area contributed by atoms with Crippen LogP contribution in [-0.4, -0.2) is 51.6 Å². The van der Waals surface area contributed by atoms with Crippen LogP contribution in [0.1, 0.15) is 32.6 Å². The maximum absolute atomic E-state index is 12.1. The first kappa shape index (κ1) is 16.7. The van der Waals surface area contributed by atoms with Crippen molar-refractivity contribution >= 4 is 34.3 Å². The van der Waals surface area contributed by atoms with Gasteiger partial charge in [0.2, 0.25) is 16.2 Å². The number of nitrogens with zero attached hydrogens (tertiary/aromatic N) is 3. The Bertz CT molecular complexity index is 454. The number of anilines is 1. The van der Waals surface area contributed by atoms with Crippen LogP contribution in [0.4, 0.5) is 5.13 Å². The molecule has 8 heteroatoms. The third-order valence-electron chi connectivity index (χ3n) is 3.46. The molecule has 6 nitrogen and oxygen atoms in total. The van der Waals surface area contributed by atoms with Crippen LogP contribution in [0.2, 0.25) is 0 Å². The predicted molar refractivity (Wildman–Crippen MR) is 87.8 cm³/mol. The van der Waals surface area contributed by atoms with Crippen molar-refractivity contribution in [3.63, 3.8) is 0 Å². The van der Waals surface area contributed by atoms with E-state index in [2.05, 4.69) is 26.5 Å². The summed E-state index contributed by atoms with van der Waals surface area (Å²) in [6.45, 7) is 4.07. The molecule has 1 amide bonds. The zero-order chi connectivity index (χ0) is 15.1. The van der Waals surface area contributed by atoms with Gasteiger partial charge in [-0.25, -0.2) is 0 Å². The number of nitrogens with two attached hydrogens (primary N) is 1. The van der Waals surface area contributed by atoms with E-state index in [4.69, 9.17) is 5.73 Å². The lowest BCUT2D eigenvalue weighted by atomic mass is 10.0. The standard InChI is InChI=1S/C13H23N5OS2/c1-2-7-20-13-16-12(21-17-13)15-11(19)9-18-6-4-3-5-10(18)8-14/h10H,2-9,14H2,1H3,(H,15,16,17,19). The fourth-order valence-corrected chi connectivity index (χ4v) is 3.81. The van der Waals surface area contributed by atoms with Crippen molar-refractivity contribution in [2.75, 3.05) is 30.7 Å². The minimum absolute atomic E-state index is 0.0291. The highest BCUT2D eigenvalue weighted by molar-refractivity contribution is 7.99. The van der Waals surface area contributed by atoms with Crippen molar-refractivity contribution in [1.82, 2.24) is 14.3 Å². The summed E-state index contributed by atoms with van der Waals surface area (Å²) < 4.78 is 4.23. The molecule has 2 heterocycles. The Hall–Kier alpha value is -0.700. The molecule has 118 valence electrons. The van der Waals surface area contributed by atoms with Crippen LogP contribution in [0, 0.1) is 0 Å². The molecule has 0 radical (unpaired) electrons. The Morgan fingerprint density at radius 2 is 2.43 bits per heavy atom. The summed E-state index contributed by atoms with van der Waals surface area (Å²) in [4.78, 5) is 18.6. The number of likely N-dealkylation sites (tertiary alicyclic amines) is 1. The number of carbonyl (C=O) groups excluding carboxylic acids is 1. The van der Waals surface area contributed by atoms with Gasteiger partial charge in [0.1, 0.15) is 0 Å². The average molecular weight is 329 g/mol. The van der Waals surface area contributed by atoms with Gasteiger partial charge in [-0.1, -0.05) is 25.1 Å². The van der Waals surface area contributed by atoms with E-state index in [1.807, 2.05) is 0 Å². The molecule has 1 aromatic heterocycles. The second-order valence-electron chi connectivity index (χ2n) is 5.13. The summed E-state index contributed by atoms with van der Waals surface area (Å²) in [5, 5.41) is 4.17. The van der Waals surface area contributed by atoms with Crippen LogP contribution in [0.3, 0.4) is 0 Å². The second-order valence-corrected chi connectivity index (χ2v) is 6.95. The molecule has 1 saturated heterocycles. The Balaban J connectivity index is 1.82. The number of piperidine rings is 1. The number of hydrogen-bond acceptors (Lipinski definition) is 7. The maximum atomic E-state index is 12.1. The molecule has 1 fully saturated rings. The first-order chi connectivity index (χ1) is 10.2. The van der Waals surface area contributed by atoms with Gasteiger partial charge in [0, 0.05) is 29.9 Å². The van der Waals surface area contributed by atoms with E-state index in [0.29, 0.717) is 24.3 Å². The van der Waals surface area contributed by atoms with Gasteiger partial charge in [0.25, 0.3) is 0 Å². The van der Waals surface area contributed by atoms with Gasteiger partial charge >= 0.3 is 0 Å². The van der Waals surface area contributed by atoms with Crippen molar-refractivity contribution in [1.29, 1.82) is 0 Å². The van der Waals surface area contributed by atoms with E-state index in [1.54, 1.807) is 11.8 Å². The van der Waals surface area contributed by atoms with Gasteiger partial charge in [-0.15, -0.1) is 0 Å². The molecule has 3 N–H and O–H groups in total. The minimum Gasteiger partial charge on any atom is -0.329 e. The minimum atomic E-state index is -0.0291. The highest BCUT2D eigenvalue weighted by Gasteiger charge is 2.23. The third-order valence-corrected chi connectivity index (χ3v) is 5.26. The first-order valence-corrected chi connectivity index (χ1v) is 9.19. The van der Waals surface area contributed by atoms with Gasteiger partial charge in [-0.2, -0.15) is 9.36 Å². The summed E-state index contributed by atoms with van der Waals surface area (Å²) >= 11 is 2.86. The molecule has 0 aliphatic carbocycles. The zero-order valence-corrected chi connectivity index (χ0v) is 14.0. The number of thioether (sulfide) groups is 1. The van der Waals surface area contributed by atoms with E-state index in [0.717, 1.165) is 36.7 Å². The topological polar surface area (TPSA) is 84.1 Å². The fraction of sp³-hybridized carbons (Fsp3) is 0.769. The molecule has 1 atom stereocenters. The van der Waals surface area contributed by atoms with Crippen LogP contribution >= 0.6 is 23.3 Å². The van der Waals surface area contributed by atoms with Crippen molar-refractivity contribution in [2.24, 2.45) is 5.73 Å². The molecule has 1 aliphatic heterocycles. The summed E-state index contributed by atoms with van der Waals surface area (Å²) in [7, 11) is 0. The highest BCUT2D eigenvalue weighted by atomic mass is 32.2. The normalized spacial score (nSPS) is 19.6. The number of rotatable bonds is 7. The molecule has 0 bridgehead atoms. The van der Waals surface area contributed by atoms with E-state index >= 15 is 0 Å². The smallest absolute Gasteiger partial charge is 0.240 e. The van der Waals surface area contributed by atoms with Crippen LogP contribution in [0.25, 0.3) is 0 Å². The highest BCUT2D eigenvalue weighted by Crippen LogP contribution is 2.21. The van der Waals surface area contributed by atoms with Gasteiger partial charge in [-0.3, -0.25) is 15.0 Å². The quantitative estimate of drug-likeness (QED) is 0.742. The van der Waals surface area contributed by atoms with E-state index in [-0.39, 0.29) is 5.91 Å². The molecule has 0 saturated carbocycles. The van der Waals surface area contributed by atoms with Gasteiger partial charge in [0.15, 0.2) is 0 Å². The van der Waals surface area contributed by atoms with Crippen LogP contribution in [-0.2, 0) is 4.79 Å². The molecule has 1 aliphatic rings. The number of amides is 1. The lowest BCUT2D eigenvalue weighted by molar-refractivity contribution is -0.118. The molecule has 2 rings (SSSR count).